The van der Waals surface area contributed by atoms with Crippen molar-refractivity contribution >= 4 is 11.7 Å². The number of nitrogens with one attached hydrogen (secondary N) is 1. The molecule has 1 N–H and O–H groups in total. The van der Waals surface area contributed by atoms with Crippen molar-refractivity contribution < 1.29 is 13.9 Å². The summed E-state index contributed by atoms with van der Waals surface area (Å²) in [5.41, 5.74) is 1.94. The van der Waals surface area contributed by atoms with Crippen molar-refractivity contribution in [3.63, 3.8) is 0 Å². The van der Waals surface area contributed by atoms with Crippen molar-refractivity contribution in [3.8, 4) is 5.75 Å². The van der Waals surface area contributed by atoms with Crippen LogP contribution in [-0.2, 0) is 0 Å². The number of carbonyl (C=O) groups is 1. The van der Waals surface area contributed by atoms with Gasteiger partial charge in [-0.3, -0.25) is 4.90 Å². The molecule has 0 aliphatic heterocycles. The predicted molar refractivity (Wildman–Crippen MR) is 89.5 cm³/mol. The Balaban J connectivity index is 1.85. The number of rotatable bonds is 6. The highest BCUT2D eigenvalue weighted by Gasteiger charge is 2.13. The van der Waals surface area contributed by atoms with Crippen molar-refractivity contribution in [3.05, 3.63) is 59.9 Å². The standard InChI is InChI=1S/C18H21FN2O2/c1-3-21(15-8-6-7-14(2)13-15)18(22)20-11-12-23-17-10-5-4-9-16(17)19/h4-10,13H,3,11-12H2,1-2H3,(H,20,22). The molecule has 0 atom stereocenters. The third-order valence-electron chi connectivity index (χ3n) is 3.35. The average Bonchev–Trinajstić information content (AvgIpc) is 2.54. The summed E-state index contributed by atoms with van der Waals surface area (Å²) in [7, 11) is 0. The number of ether oxygens (including phenoxy) is 1. The summed E-state index contributed by atoms with van der Waals surface area (Å²) in [5, 5.41) is 2.78. The van der Waals surface area contributed by atoms with Crippen LogP contribution < -0.4 is 15.0 Å². The van der Waals surface area contributed by atoms with Crippen LogP contribution in [0.4, 0.5) is 14.9 Å². The Hall–Kier alpha value is -2.56. The van der Waals surface area contributed by atoms with E-state index in [1.807, 2.05) is 38.1 Å². The summed E-state index contributed by atoms with van der Waals surface area (Å²) in [5.74, 6) is -0.221. The van der Waals surface area contributed by atoms with Gasteiger partial charge >= 0.3 is 6.03 Å². The van der Waals surface area contributed by atoms with E-state index in [9.17, 15) is 9.18 Å². The minimum absolute atomic E-state index is 0.188. The van der Waals surface area contributed by atoms with Gasteiger partial charge in [0.2, 0.25) is 0 Å². The molecule has 0 aliphatic rings. The molecule has 122 valence electrons. The van der Waals surface area contributed by atoms with Crippen molar-refractivity contribution in [1.29, 1.82) is 0 Å². The summed E-state index contributed by atoms with van der Waals surface area (Å²) in [6.07, 6.45) is 0. The Morgan fingerprint density at radius 1 is 1.22 bits per heavy atom. The van der Waals surface area contributed by atoms with Crippen molar-refractivity contribution in [1.82, 2.24) is 5.32 Å². The number of carbonyl (C=O) groups excluding carboxylic acids is 1. The second-order valence-corrected chi connectivity index (χ2v) is 5.09. The van der Waals surface area contributed by atoms with Gasteiger partial charge < -0.3 is 10.1 Å². The van der Waals surface area contributed by atoms with E-state index in [2.05, 4.69) is 5.32 Å². The summed E-state index contributed by atoms with van der Waals surface area (Å²) in [4.78, 5) is 13.9. The SMILES string of the molecule is CCN(C(=O)NCCOc1ccccc1F)c1cccc(C)c1. The lowest BCUT2D eigenvalue weighted by Crippen LogP contribution is -2.41. The molecule has 0 bridgehead atoms. The van der Waals surface area contributed by atoms with Crippen LogP contribution in [0.15, 0.2) is 48.5 Å². The molecule has 5 heteroatoms. The average molecular weight is 316 g/mol. The van der Waals surface area contributed by atoms with Crippen molar-refractivity contribution in [2.75, 3.05) is 24.6 Å². The van der Waals surface area contributed by atoms with Gasteiger partial charge in [0.25, 0.3) is 0 Å². The molecule has 2 rings (SSSR count). The number of halogens is 1. The van der Waals surface area contributed by atoms with Gasteiger partial charge in [-0.25, -0.2) is 9.18 Å². The van der Waals surface area contributed by atoms with Crippen LogP contribution in [0.25, 0.3) is 0 Å². The lowest BCUT2D eigenvalue weighted by atomic mass is 10.2. The van der Waals surface area contributed by atoms with Gasteiger partial charge in [0.15, 0.2) is 11.6 Å². The Labute approximate surface area is 135 Å². The molecule has 23 heavy (non-hydrogen) atoms. The molecule has 0 heterocycles. The number of para-hydroxylation sites is 1. The zero-order valence-corrected chi connectivity index (χ0v) is 13.4. The molecule has 4 nitrogen and oxygen atoms in total. The Morgan fingerprint density at radius 3 is 2.70 bits per heavy atom. The first-order valence-corrected chi connectivity index (χ1v) is 7.61. The van der Waals surface area contributed by atoms with Crippen LogP contribution in [0.3, 0.4) is 0 Å². The first kappa shape index (κ1) is 16.8. The normalized spacial score (nSPS) is 10.2. The van der Waals surface area contributed by atoms with Crippen LogP contribution >= 0.6 is 0 Å². The third kappa shape index (κ3) is 4.71. The van der Waals surface area contributed by atoms with Gasteiger partial charge in [-0.1, -0.05) is 24.3 Å². The number of nitrogens with zero attached hydrogens (tertiary/aromatic N) is 1. The lowest BCUT2D eigenvalue weighted by Gasteiger charge is -2.22. The van der Waals surface area contributed by atoms with Gasteiger partial charge in [0, 0.05) is 12.2 Å². The zero-order valence-electron chi connectivity index (χ0n) is 13.4. The maximum atomic E-state index is 13.4. The number of hydrogen-bond donors (Lipinski definition) is 1. The molecular weight excluding hydrogens is 295 g/mol. The van der Waals surface area contributed by atoms with Crippen LogP contribution in [0, 0.1) is 12.7 Å². The molecule has 0 unspecified atom stereocenters. The van der Waals surface area contributed by atoms with Crippen LogP contribution in [0.1, 0.15) is 12.5 Å². The minimum atomic E-state index is -0.409. The minimum Gasteiger partial charge on any atom is -0.489 e. The van der Waals surface area contributed by atoms with E-state index < -0.39 is 5.82 Å². The molecule has 0 saturated heterocycles. The van der Waals surface area contributed by atoms with Crippen LogP contribution in [0.2, 0.25) is 0 Å². The first-order chi connectivity index (χ1) is 11.1. The van der Waals surface area contributed by atoms with E-state index in [0.717, 1.165) is 11.3 Å². The van der Waals surface area contributed by atoms with E-state index in [4.69, 9.17) is 4.74 Å². The second kappa shape index (κ2) is 8.17. The van der Waals surface area contributed by atoms with Crippen LogP contribution in [0.5, 0.6) is 5.75 Å². The molecule has 0 spiro atoms. The maximum Gasteiger partial charge on any atom is 0.321 e. The molecule has 0 radical (unpaired) electrons. The fraction of sp³-hybridized carbons (Fsp3) is 0.278. The zero-order chi connectivity index (χ0) is 16.7. The predicted octanol–water partition coefficient (Wildman–Crippen LogP) is 3.75. The monoisotopic (exact) mass is 316 g/mol. The van der Waals surface area contributed by atoms with E-state index in [0.29, 0.717) is 13.1 Å². The summed E-state index contributed by atoms with van der Waals surface area (Å²) in [6.45, 7) is 4.96. The fourth-order valence-electron chi connectivity index (χ4n) is 2.22. The van der Waals surface area contributed by atoms with Gasteiger partial charge in [-0.05, 0) is 43.7 Å². The topological polar surface area (TPSA) is 41.6 Å². The molecule has 2 aromatic carbocycles. The van der Waals surface area contributed by atoms with Crippen molar-refractivity contribution in [2.24, 2.45) is 0 Å². The van der Waals surface area contributed by atoms with Gasteiger partial charge in [0.05, 0.1) is 6.54 Å². The van der Waals surface area contributed by atoms with Gasteiger partial charge in [-0.2, -0.15) is 0 Å². The molecule has 2 amide bonds. The molecular formula is C18H21FN2O2. The highest BCUT2D eigenvalue weighted by atomic mass is 19.1. The Bertz CT molecular complexity index is 661. The molecule has 0 aromatic heterocycles. The number of anilines is 1. The molecule has 0 fully saturated rings. The molecule has 2 aromatic rings. The van der Waals surface area contributed by atoms with Crippen molar-refractivity contribution in [2.45, 2.75) is 13.8 Å². The number of amides is 2. The summed E-state index contributed by atoms with van der Waals surface area (Å²) in [6, 6.07) is 13.8. The van der Waals surface area contributed by atoms with E-state index in [1.165, 1.54) is 6.07 Å². The second-order valence-electron chi connectivity index (χ2n) is 5.09. The maximum absolute atomic E-state index is 13.4. The quantitative estimate of drug-likeness (QED) is 0.825. The summed E-state index contributed by atoms with van der Waals surface area (Å²) < 4.78 is 18.7. The van der Waals surface area contributed by atoms with Gasteiger partial charge in [0.1, 0.15) is 6.61 Å². The number of urea groups is 1. The lowest BCUT2D eigenvalue weighted by molar-refractivity contribution is 0.241. The highest BCUT2D eigenvalue weighted by molar-refractivity contribution is 5.91. The fourth-order valence-corrected chi connectivity index (χ4v) is 2.22. The largest absolute Gasteiger partial charge is 0.489 e. The Kier molecular flexibility index (Phi) is 5.97. The highest BCUT2D eigenvalue weighted by Crippen LogP contribution is 2.16. The van der Waals surface area contributed by atoms with E-state index >= 15 is 0 Å². The Morgan fingerprint density at radius 2 is 2.00 bits per heavy atom. The number of hydrogen-bond acceptors (Lipinski definition) is 2. The van der Waals surface area contributed by atoms with Crippen LogP contribution in [-0.4, -0.2) is 25.7 Å². The molecule has 0 aliphatic carbocycles. The van der Waals surface area contributed by atoms with Gasteiger partial charge in [-0.15, -0.1) is 0 Å². The summed E-state index contributed by atoms with van der Waals surface area (Å²) >= 11 is 0. The number of benzene rings is 2. The first-order valence-electron chi connectivity index (χ1n) is 7.61. The third-order valence-corrected chi connectivity index (χ3v) is 3.35. The molecule has 0 saturated carbocycles. The number of aryl methyl sites for hydroxylation is 1. The smallest absolute Gasteiger partial charge is 0.321 e. The van der Waals surface area contributed by atoms with E-state index in [-0.39, 0.29) is 18.4 Å². The van der Waals surface area contributed by atoms with E-state index in [1.54, 1.807) is 23.1 Å².